The van der Waals surface area contributed by atoms with Gasteiger partial charge in [-0.3, -0.25) is 6.08 Å². The zero-order valence-electron chi connectivity index (χ0n) is 18.3. The molecule has 0 saturated heterocycles. The number of benzene rings is 3. The summed E-state index contributed by atoms with van der Waals surface area (Å²) in [6.07, 6.45) is 11.0. The molecule has 3 aromatic rings. The molecule has 31 heavy (non-hydrogen) atoms. The minimum absolute atomic E-state index is 0. The standard InChI is InChI=1S/C15H13.C6H5.C5H5.C2H4.2ClH.Ti/c1-10-3-5-12-9-13-6-4-11(2)8-15(13)14(12)7-10;1-2-4-6-5-3-1;1-2-4-5-3-1;1-2;;;/h3-5,7-8H,9H2,1-2H3;1-5H;1-3H,4H2;1H,2H3;2*1H;/q3*-1;;;;. The number of allylic oxidation sites excluding steroid dienone is 4. The fourth-order valence-corrected chi connectivity index (χ4v) is 2.99. The van der Waals surface area contributed by atoms with E-state index in [1.54, 1.807) is 0 Å². The summed E-state index contributed by atoms with van der Waals surface area (Å²) >= 11 is 2.00. The minimum atomic E-state index is 0. The third-order valence-electron chi connectivity index (χ3n) is 4.29. The summed E-state index contributed by atoms with van der Waals surface area (Å²) in [6, 6.07) is 27.0. The molecule has 0 atom stereocenters. The number of halogens is 2. The zero-order chi connectivity index (χ0) is 20.9. The number of aryl methyl sites for hydroxylation is 2. The molecule has 0 fully saturated rings. The first kappa shape index (κ1) is 29.3. The molecule has 0 aliphatic heterocycles. The van der Waals surface area contributed by atoms with E-state index in [0.717, 1.165) is 12.8 Å². The second-order valence-corrected chi connectivity index (χ2v) is 7.68. The van der Waals surface area contributed by atoms with Crippen molar-refractivity contribution in [3.8, 4) is 11.1 Å². The first-order valence-electron chi connectivity index (χ1n) is 9.84. The van der Waals surface area contributed by atoms with Crippen molar-refractivity contribution in [2.24, 2.45) is 0 Å². The fourth-order valence-electron chi connectivity index (χ4n) is 2.99. The maximum atomic E-state index is 3.38. The Morgan fingerprint density at radius 2 is 1.61 bits per heavy atom. The summed E-state index contributed by atoms with van der Waals surface area (Å²) in [6.45, 7) is 6.28. The van der Waals surface area contributed by atoms with Gasteiger partial charge < -0.3 is 0 Å². The van der Waals surface area contributed by atoms with Gasteiger partial charge in [0.25, 0.3) is 0 Å². The monoisotopic (exact) mass is 483 g/mol. The maximum absolute atomic E-state index is 3.38. The summed E-state index contributed by atoms with van der Waals surface area (Å²) in [4.78, 5) is 0. The number of fused-ring (bicyclic) bond motifs is 3. The van der Waals surface area contributed by atoms with Crippen molar-refractivity contribution in [3.63, 3.8) is 0 Å². The van der Waals surface area contributed by atoms with Crippen molar-refractivity contribution in [1.82, 2.24) is 0 Å². The number of hydrogen-bond acceptors (Lipinski definition) is 0. The van der Waals surface area contributed by atoms with Crippen LogP contribution >= 0.6 is 24.8 Å². The molecule has 0 radical (unpaired) electrons. The van der Waals surface area contributed by atoms with Gasteiger partial charge in [0.2, 0.25) is 0 Å². The van der Waals surface area contributed by atoms with Gasteiger partial charge in [-0.1, -0.05) is 41.8 Å². The van der Waals surface area contributed by atoms with Crippen molar-refractivity contribution in [2.45, 2.75) is 33.6 Å². The molecule has 0 bridgehead atoms. The summed E-state index contributed by atoms with van der Waals surface area (Å²) in [5.74, 6) is 0. The van der Waals surface area contributed by atoms with E-state index in [0.29, 0.717) is 0 Å². The Bertz CT molecular complexity index is 874. The van der Waals surface area contributed by atoms with Crippen LogP contribution in [0.5, 0.6) is 0 Å². The minimum Gasteiger partial charge on any atom is -0.273 e. The predicted molar refractivity (Wildman–Crippen MR) is 136 cm³/mol. The Kier molecular flexibility index (Phi) is 16.0. The Morgan fingerprint density at radius 3 is 2.10 bits per heavy atom. The van der Waals surface area contributed by atoms with Gasteiger partial charge in [-0.25, -0.2) is 12.2 Å². The molecule has 0 nitrogen and oxygen atoms in total. The van der Waals surface area contributed by atoms with Crippen molar-refractivity contribution in [3.05, 3.63) is 119 Å². The average molecular weight is 484 g/mol. The van der Waals surface area contributed by atoms with Gasteiger partial charge in [-0.15, -0.1) is 36.8 Å². The molecule has 0 saturated carbocycles. The van der Waals surface area contributed by atoms with E-state index in [4.69, 9.17) is 0 Å². The van der Waals surface area contributed by atoms with Crippen LogP contribution < -0.4 is 0 Å². The average Bonchev–Trinajstić information content (AvgIpc) is 3.42. The molecule has 3 heteroatoms. The topological polar surface area (TPSA) is 0 Å². The second-order valence-electron chi connectivity index (χ2n) is 6.78. The summed E-state index contributed by atoms with van der Waals surface area (Å²) in [7, 11) is 0. The van der Waals surface area contributed by atoms with Gasteiger partial charge in [-0.2, -0.15) is 71.8 Å². The summed E-state index contributed by atoms with van der Waals surface area (Å²) < 4.78 is 2.00. The molecule has 3 aromatic carbocycles. The predicted octanol–water partition coefficient (Wildman–Crippen LogP) is 7.67. The van der Waals surface area contributed by atoms with Crippen LogP contribution in [0.2, 0.25) is 0 Å². The molecule has 0 spiro atoms. The Labute approximate surface area is 212 Å². The molecule has 0 unspecified atom stereocenters. The summed E-state index contributed by atoms with van der Waals surface area (Å²) in [5.41, 5.74) is 8.21. The molecule has 0 heterocycles. The smallest absolute Gasteiger partial charge is 0.0253 e. The van der Waals surface area contributed by atoms with Crippen molar-refractivity contribution in [1.29, 1.82) is 0 Å². The second kappa shape index (κ2) is 16.9. The molecular weight excluding hydrogens is 455 g/mol. The Balaban J connectivity index is 0.000000470. The number of hydrogen-bond donors (Lipinski definition) is 0. The van der Waals surface area contributed by atoms with E-state index in [9.17, 15) is 0 Å². The quantitative estimate of drug-likeness (QED) is 0.178. The molecule has 162 valence electrons. The van der Waals surface area contributed by atoms with E-state index in [1.807, 2.05) is 73.7 Å². The molecule has 5 rings (SSSR count). The first-order chi connectivity index (χ1) is 14.2. The van der Waals surface area contributed by atoms with E-state index in [1.165, 1.54) is 33.4 Å². The van der Waals surface area contributed by atoms with Crippen molar-refractivity contribution < 1.29 is 20.0 Å². The van der Waals surface area contributed by atoms with Gasteiger partial charge in [0.05, 0.1) is 0 Å². The number of rotatable bonds is 0. The van der Waals surface area contributed by atoms with E-state index >= 15 is 0 Å². The third-order valence-corrected chi connectivity index (χ3v) is 4.29. The van der Waals surface area contributed by atoms with Crippen LogP contribution in [0.4, 0.5) is 0 Å². The zero-order valence-corrected chi connectivity index (χ0v) is 21.5. The van der Waals surface area contributed by atoms with Gasteiger partial charge in [0.15, 0.2) is 0 Å². The van der Waals surface area contributed by atoms with Crippen LogP contribution in [0.1, 0.15) is 35.6 Å². The van der Waals surface area contributed by atoms with Gasteiger partial charge >= 0.3 is 31.2 Å². The third kappa shape index (κ3) is 10.4. The van der Waals surface area contributed by atoms with Gasteiger partial charge in [-0.05, 0) is 13.3 Å². The molecule has 0 amide bonds. The van der Waals surface area contributed by atoms with Crippen molar-refractivity contribution in [2.75, 3.05) is 0 Å². The Morgan fingerprint density at radius 1 is 0.935 bits per heavy atom. The maximum Gasteiger partial charge on any atom is -0.0253 e. The van der Waals surface area contributed by atoms with Crippen LogP contribution in [0.3, 0.4) is 0 Å². The van der Waals surface area contributed by atoms with Crippen LogP contribution in [-0.2, 0) is 26.4 Å². The largest absolute Gasteiger partial charge is 0.273 e. The molecule has 2 aliphatic carbocycles. The molecule has 2 aliphatic rings. The first-order valence-corrected chi connectivity index (χ1v) is 10.7. The fraction of sp³-hybridized carbons (Fsp3) is 0.179. The van der Waals surface area contributed by atoms with Crippen LogP contribution in [0.15, 0.2) is 78.9 Å². The van der Waals surface area contributed by atoms with Crippen LogP contribution in [-0.4, -0.2) is 4.31 Å². The van der Waals surface area contributed by atoms with Gasteiger partial charge in [0.1, 0.15) is 0 Å². The van der Waals surface area contributed by atoms with Crippen molar-refractivity contribution >= 4 is 29.1 Å². The Hall–Kier alpha value is -1.70. The van der Waals surface area contributed by atoms with Crippen LogP contribution in [0.25, 0.3) is 11.1 Å². The van der Waals surface area contributed by atoms with E-state index in [-0.39, 0.29) is 24.8 Å². The molecule has 0 aromatic heterocycles. The SMILES string of the molecule is C[CH]=[Ti].Cc1c[c-]c2c(c1)-c1cc(C)ccc1C2.Cl.Cl.[C-]1=CC=CC1.[c-]1ccccc1. The molecular formula is C28H29Cl2Ti-3. The van der Waals surface area contributed by atoms with Crippen LogP contribution in [0, 0.1) is 32.1 Å². The van der Waals surface area contributed by atoms with E-state index < -0.39 is 0 Å². The summed E-state index contributed by atoms with van der Waals surface area (Å²) in [5, 5.41) is 0. The van der Waals surface area contributed by atoms with Gasteiger partial charge in [0, 0.05) is 0 Å². The normalized spacial score (nSPS) is 10.8. The van der Waals surface area contributed by atoms with E-state index in [2.05, 4.69) is 68.5 Å². The molecule has 0 N–H and O–H groups in total.